The predicted molar refractivity (Wildman–Crippen MR) is 104 cm³/mol. The highest BCUT2D eigenvalue weighted by atomic mass is 35.5. The second-order valence-corrected chi connectivity index (χ2v) is 7.71. The third-order valence-corrected chi connectivity index (χ3v) is 5.28. The van der Waals surface area contributed by atoms with Gasteiger partial charge in [-0.1, -0.05) is 34.5 Å². The fraction of sp³-hybridized carbons (Fsp3) is 0.125. The second kappa shape index (κ2) is 8.47. The molecule has 0 saturated heterocycles. The molecule has 0 radical (unpaired) electrons. The van der Waals surface area contributed by atoms with Crippen molar-refractivity contribution in [3.8, 4) is 11.9 Å². The molecule has 0 aliphatic heterocycles. The summed E-state index contributed by atoms with van der Waals surface area (Å²) in [6.45, 7) is 0.512. The van der Waals surface area contributed by atoms with Gasteiger partial charge in [0, 0.05) is 16.6 Å². The summed E-state index contributed by atoms with van der Waals surface area (Å²) in [5.41, 5.74) is 3.18. The molecule has 1 aromatic carbocycles. The summed E-state index contributed by atoms with van der Waals surface area (Å²) < 4.78 is 7.76. The van der Waals surface area contributed by atoms with Crippen LogP contribution in [0.1, 0.15) is 11.3 Å². The van der Waals surface area contributed by atoms with Crippen LogP contribution in [-0.2, 0) is 6.54 Å². The lowest BCUT2D eigenvalue weighted by Gasteiger charge is -2.07. The van der Waals surface area contributed by atoms with Gasteiger partial charge in [-0.15, -0.1) is 11.3 Å². The van der Waals surface area contributed by atoms with Gasteiger partial charge in [-0.3, -0.25) is 0 Å². The van der Waals surface area contributed by atoms with Crippen molar-refractivity contribution in [2.45, 2.75) is 6.54 Å². The van der Waals surface area contributed by atoms with Crippen molar-refractivity contribution in [3.05, 3.63) is 60.7 Å². The highest BCUT2D eigenvalue weighted by Gasteiger charge is 2.12. The van der Waals surface area contributed by atoms with Crippen molar-refractivity contribution in [1.29, 1.82) is 5.26 Å². The first kappa shape index (κ1) is 18.6. The lowest BCUT2D eigenvalue weighted by molar-refractivity contribution is 0.414. The Hall–Kier alpha value is -2.18. The summed E-state index contributed by atoms with van der Waals surface area (Å²) >= 11 is 15.0. The monoisotopic (exact) mass is 423 g/mol. The number of ether oxygens (including phenoxy) is 1. The van der Waals surface area contributed by atoms with E-state index in [1.807, 2.05) is 9.95 Å². The number of rotatable bonds is 4. The molecule has 0 aliphatic rings. The first-order valence-electron chi connectivity index (χ1n) is 7.19. The molecule has 0 bridgehead atoms. The Morgan fingerprint density at radius 3 is 2.96 bits per heavy atom. The van der Waals surface area contributed by atoms with E-state index in [-0.39, 0.29) is 5.84 Å². The van der Waals surface area contributed by atoms with Gasteiger partial charge < -0.3 is 9.30 Å². The number of hydrogen-bond acceptors (Lipinski definition) is 6. The Morgan fingerprint density at radius 1 is 1.42 bits per heavy atom. The van der Waals surface area contributed by atoms with Crippen molar-refractivity contribution < 1.29 is 4.74 Å². The molecular formula is C16H11Cl2N5OS2. The van der Waals surface area contributed by atoms with E-state index < -0.39 is 0 Å². The summed E-state index contributed by atoms with van der Waals surface area (Å²) in [5, 5.41) is 11.5. The summed E-state index contributed by atoms with van der Waals surface area (Å²) in [6.07, 6.45) is 3.54. The van der Waals surface area contributed by atoms with Gasteiger partial charge in [0.05, 0.1) is 30.4 Å². The minimum atomic E-state index is 0.192. The molecule has 132 valence electrons. The molecule has 6 nitrogen and oxygen atoms in total. The summed E-state index contributed by atoms with van der Waals surface area (Å²) in [6, 6.07) is 5.04. The van der Waals surface area contributed by atoms with Gasteiger partial charge in [0.15, 0.2) is 10.6 Å². The molecule has 3 rings (SSSR count). The molecule has 0 fully saturated rings. The number of nitriles is 1. The number of aromatic nitrogens is 2. The molecule has 0 aliphatic carbocycles. The van der Waals surface area contributed by atoms with Crippen LogP contribution in [0.15, 0.2) is 45.3 Å². The molecule has 2 aromatic heterocycles. The smallest absolute Gasteiger partial charge is 0.207 e. The predicted octanol–water partition coefficient (Wildman–Crippen LogP) is 4.20. The fourth-order valence-electron chi connectivity index (χ4n) is 2.18. The molecule has 0 saturated carbocycles. The van der Waals surface area contributed by atoms with Crippen LogP contribution < -0.4 is 9.54 Å². The number of benzene rings is 1. The number of hydrogen-bond donors (Lipinski definition) is 0. The van der Waals surface area contributed by atoms with Gasteiger partial charge in [-0.05, 0) is 18.2 Å². The van der Waals surface area contributed by atoms with Crippen LogP contribution in [0, 0.1) is 11.5 Å². The first-order chi connectivity index (χ1) is 12.6. The number of aliphatic imine (C=N–C) groups is 1. The van der Waals surface area contributed by atoms with Crippen LogP contribution in [0.5, 0.6) is 5.75 Å². The minimum absolute atomic E-state index is 0.192. The van der Waals surface area contributed by atoms with Crippen LogP contribution in [0.4, 0.5) is 0 Å². The van der Waals surface area contributed by atoms with E-state index in [0.717, 1.165) is 5.69 Å². The van der Waals surface area contributed by atoms with Gasteiger partial charge >= 0.3 is 0 Å². The van der Waals surface area contributed by atoms with Gasteiger partial charge in [-0.2, -0.15) is 15.2 Å². The molecule has 0 unspecified atom stereocenters. The number of thiazole rings is 2. The first-order valence-corrected chi connectivity index (χ1v) is 9.70. The highest BCUT2D eigenvalue weighted by molar-refractivity contribution is 7.13. The normalized spacial score (nSPS) is 12.2. The van der Waals surface area contributed by atoms with Crippen LogP contribution in [-0.4, -0.2) is 22.5 Å². The average molecular weight is 424 g/mol. The van der Waals surface area contributed by atoms with E-state index in [0.29, 0.717) is 32.0 Å². The third-order valence-electron chi connectivity index (χ3n) is 3.27. The zero-order valence-electron chi connectivity index (χ0n) is 13.4. The Bertz CT molecular complexity index is 1050. The summed E-state index contributed by atoms with van der Waals surface area (Å²) in [7, 11) is 1.53. The number of amidine groups is 1. The molecule has 0 N–H and O–H groups in total. The SMILES string of the molecule is COc1ccc(Cl)cc1C(=NC#N)N=c1sc(Cl)cn1Cc1cscn1. The van der Waals surface area contributed by atoms with Gasteiger partial charge in [0.2, 0.25) is 6.19 Å². The quantitative estimate of drug-likeness (QED) is 0.358. The Labute approximate surface area is 167 Å². The van der Waals surface area contributed by atoms with E-state index in [1.165, 1.54) is 29.8 Å². The number of methoxy groups -OCH3 is 1. The second-order valence-electron chi connectivity index (χ2n) is 4.92. The standard InChI is InChI=1S/C16H11Cl2N5OS2/c1-24-13-3-2-10(17)4-12(13)15(20-8-19)22-16-23(6-14(18)26-16)5-11-7-25-9-21-11/h2-4,6-7,9H,5H2,1H3. The van der Waals surface area contributed by atoms with Crippen molar-refractivity contribution in [3.63, 3.8) is 0 Å². The average Bonchev–Trinajstić information content (AvgIpc) is 3.24. The molecule has 2 heterocycles. The topological polar surface area (TPSA) is 75.6 Å². The lowest BCUT2D eigenvalue weighted by atomic mass is 10.2. The van der Waals surface area contributed by atoms with Gasteiger partial charge in [-0.25, -0.2) is 4.98 Å². The van der Waals surface area contributed by atoms with E-state index in [1.54, 1.807) is 36.1 Å². The van der Waals surface area contributed by atoms with E-state index >= 15 is 0 Å². The maximum Gasteiger partial charge on any atom is 0.207 e. The molecule has 3 aromatic rings. The fourth-order valence-corrected chi connectivity index (χ4v) is 3.95. The van der Waals surface area contributed by atoms with Crippen molar-refractivity contribution in [1.82, 2.24) is 9.55 Å². The molecule has 0 amide bonds. The van der Waals surface area contributed by atoms with Crippen LogP contribution in [0.25, 0.3) is 0 Å². The molecule has 26 heavy (non-hydrogen) atoms. The maximum atomic E-state index is 9.08. The van der Waals surface area contributed by atoms with Crippen molar-refractivity contribution in [2.75, 3.05) is 7.11 Å². The van der Waals surface area contributed by atoms with Crippen LogP contribution in [0.3, 0.4) is 0 Å². The van der Waals surface area contributed by atoms with Crippen molar-refractivity contribution in [2.24, 2.45) is 9.98 Å². The Kier molecular flexibility index (Phi) is 6.06. The summed E-state index contributed by atoms with van der Waals surface area (Å²) in [4.78, 5) is 13.2. The molecule has 0 spiro atoms. The number of halogens is 2. The highest BCUT2D eigenvalue weighted by Crippen LogP contribution is 2.24. The molecule has 10 heteroatoms. The Balaban J connectivity index is 2.11. The van der Waals surface area contributed by atoms with E-state index in [4.69, 9.17) is 33.2 Å². The van der Waals surface area contributed by atoms with E-state index in [2.05, 4.69) is 15.0 Å². The van der Waals surface area contributed by atoms with Gasteiger partial charge in [0.25, 0.3) is 0 Å². The minimum Gasteiger partial charge on any atom is -0.496 e. The lowest BCUT2D eigenvalue weighted by Crippen LogP contribution is -2.17. The van der Waals surface area contributed by atoms with E-state index in [9.17, 15) is 0 Å². The zero-order valence-corrected chi connectivity index (χ0v) is 16.5. The third kappa shape index (κ3) is 4.31. The number of nitrogens with zero attached hydrogens (tertiary/aromatic N) is 5. The van der Waals surface area contributed by atoms with Crippen LogP contribution >= 0.6 is 45.9 Å². The van der Waals surface area contributed by atoms with Crippen LogP contribution in [0.2, 0.25) is 9.36 Å². The molecular weight excluding hydrogens is 413 g/mol. The zero-order chi connectivity index (χ0) is 18.5. The van der Waals surface area contributed by atoms with Crippen molar-refractivity contribution >= 4 is 51.7 Å². The largest absolute Gasteiger partial charge is 0.496 e. The van der Waals surface area contributed by atoms with Gasteiger partial charge in [0.1, 0.15) is 10.1 Å². The molecule has 0 atom stereocenters. The maximum absolute atomic E-state index is 9.08. The summed E-state index contributed by atoms with van der Waals surface area (Å²) in [5.74, 6) is 0.707. The Morgan fingerprint density at radius 2 is 2.27 bits per heavy atom.